The standard InChI is InChI=1S/C20H26N4O3S2/c1-15-6-9-23(10-7-15)17(18-5-3-12-28-18)14-21-20(25)16-4-2-8-24-11-13-29(26,27)22-19(16)24/h2-5,8,12,15,17H,6-7,9-11,13-14H2,1H3,(H,21,25)/t17-/m1/s1. The fourth-order valence-corrected chi connectivity index (χ4v) is 5.76. The number of carbonyl (C=O) groups is 1. The van der Waals surface area contributed by atoms with E-state index in [1.165, 1.54) is 4.88 Å². The number of amidine groups is 1. The fraction of sp³-hybridized carbons (Fsp3) is 0.500. The van der Waals surface area contributed by atoms with Crippen LogP contribution in [0.3, 0.4) is 0 Å². The molecule has 1 aromatic rings. The number of nitrogens with zero attached hydrogens (tertiary/aromatic N) is 3. The van der Waals surface area contributed by atoms with Crippen LogP contribution in [0, 0.1) is 5.92 Å². The van der Waals surface area contributed by atoms with Crippen LogP contribution in [-0.2, 0) is 14.8 Å². The summed E-state index contributed by atoms with van der Waals surface area (Å²) in [5.74, 6) is 0.628. The van der Waals surface area contributed by atoms with Gasteiger partial charge in [0.05, 0.1) is 17.4 Å². The number of piperidine rings is 1. The van der Waals surface area contributed by atoms with Gasteiger partial charge in [0.25, 0.3) is 15.9 Å². The van der Waals surface area contributed by atoms with Gasteiger partial charge in [-0.15, -0.1) is 15.7 Å². The van der Waals surface area contributed by atoms with E-state index in [4.69, 9.17) is 0 Å². The molecule has 3 aliphatic rings. The van der Waals surface area contributed by atoms with E-state index in [9.17, 15) is 13.2 Å². The van der Waals surface area contributed by atoms with E-state index in [1.54, 1.807) is 34.6 Å². The van der Waals surface area contributed by atoms with Gasteiger partial charge in [0.1, 0.15) is 0 Å². The molecule has 0 saturated carbocycles. The van der Waals surface area contributed by atoms with Crippen LogP contribution < -0.4 is 5.32 Å². The highest BCUT2D eigenvalue weighted by Crippen LogP contribution is 2.29. The number of thiophene rings is 1. The van der Waals surface area contributed by atoms with Gasteiger partial charge < -0.3 is 10.2 Å². The summed E-state index contributed by atoms with van der Waals surface area (Å²) >= 11 is 1.70. The number of sulfonamides is 1. The van der Waals surface area contributed by atoms with Crippen LogP contribution in [0.1, 0.15) is 30.7 Å². The minimum absolute atomic E-state index is 0.0381. The van der Waals surface area contributed by atoms with Gasteiger partial charge in [0.15, 0.2) is 5.84 Å². The minimum atomic E-state index is -3.52. The van der Waals surface area contributed by atoms with Crippen molar-refractivity contribution in [3.8, 4) is 0 Å². The molecule has 0 aromatic carbocycles. The van der Waals surface area contributed by atoms with E-state index < -0.39 is 10.0 Å². The molecule has 4 heterocycles. The largest absolute Gasteiger partial charge is 0.350 e. The molecule has 1 fully saturated rings. The number of likely N-dealkylation sites (tertiary alicyclic amines) is 1. The summed E-state index contributed by atoms with van der Waals surface area (Å²) in [4.78, 5) is 18.3. The molecular weight excluding hydrogens is 408 g/mol. The van der Waals surface area contributed by atoms with Crippen molar-refractivity contribution >= 4 is 33.1 Å². The topological polar surface area (TPSA) is 82.1 Å². The highest BCUT2D eigenvalue weighted by Gasteiger charge is 2.31. The molecule has 7 nitrogen and oxygen atoms in total. The number of carbonyl (C=O) groups excluding carboxylic acids is 1. The van der Waals surface area contributed by atoms with Crippen molar-refractivity contribution in [2.24, 2.45) is 10.3 Å². The Morgan fingerprint density at radius 3 is 2.86 bits per heavy atom. The van der Waals surface area contributed by atoms with Crippen molar-refractivity contribution in [2.75, 3.05) is 31.9 Å². The first-order chi connectivity index (χ1) is 13.9. The molecule has 29 heavy (non-hydrogen) atoms. The van der Waals surface area contributed by atoms with Gasteiger partial charge in [0, 0.05) is 24.2 Å². The SMILES string of the molecule is CC1CCN([C@H](CNC(=O)C2=CC=CN3CCS(=O)(=O)N=C23)c2cccs2)CC1. The number of allylic oxidation sites excluding steroid dienone is 2. The fourth-order valence-electron chi connectivity index (χ4n) is 3.91. The lowest BCUT2D eigenvalue weighted by Gasteiger charge is -2.36. The predicted octanol–water partition coefficient (Wildman–Crippen LogP) is 2.13. The van der Waals surface area contributed by atoms with Crippen LogP contribution in [0.4, 0.5) is 0 Å². The summed E-state index contributed by atoms with van der Waals surface area (Å²) < 4.78 is 27.7. The average Bonchev–Trinajstić information content (AvgIpc) is 3.22. The number of rotatable bonds is 5. The van der Waals surface area contributed by atoms with E-state index in [-0.39, 0.29) is 23.5 Å². The maximum atomic E-state index is 12.9. The molecule has 1 amide bonds. The van der Waals surface area contributed by atoms with Gasteiger partial charge in [-0.05, 0) is 55.4 Å². The highest BCUT2D eigenvalue weighted by molar-refractivity contribution is 7.90. The lowest BCUT2D eigenvalue weighted by atomic mass is 9.97. The molecule has 0 radical (unpaired) electrons. The van der Waals surface area contributed by atoms with Crippen molar-refractivity contribution in [3.05, 3.63) is 46.3 Å². The maximum absolute atomic E-state index is 12.9. The summed E-state index contributed by atoms with van der Waals surface area (Å²) in [5, 5.41) is 5.09. The second-order valence-electron chi connectivity index (χ2n) is 7.78. The van der Waals surface area contributed by atoms with E-state index >= 15 is 0 Å². The molecule has 1 saturated heterocycles. The molecule has 9 heteroatoms. The second kappa shape index (κ2) is 8.41. The van der Waals surface area contributed by atoms with Crippen molar-refractivity contribution in [1.29, 1.82) is 0 Å². The van der Waals surface area contributed by atoms with Crippen LogP contribution in [0.15, 0.2) is 45.8 Å². The van der Waals surface area contributed by atoms with Gasteiger partial charge >= 0.3 is 0 Å². The van der Waals surface area contributed by atoms with E-state index in [2.05, 4.69) is 33.0 Å². The van der Waals surface area contributed by atoms with Crippen molar-refractivity contribution < 1.29 is 13.2 Å². The zero-order valence-corrected chi connectivity index (χ0v) is 18.1. The maximum Gasteiger partial charge on any atom is 0.256 e. The normalized spacial score (nSPS) is 23.1. The van der Waals surface area contributed by atoms with Crippen LogP contribution in [-0.4, -0.2) is 61.9 Å². The number of hydrogen-bond donors (Lipinski definition) is 1. The first-order valence-electron chi connectivity index (χ1n) is 9.97. The monoisotopic (exact) mass is 434 g/mol. The summed E-state index contributed by atoms with van der Waals surface area (Å²) in [6, 6.07) is 4.27. The summed E-state index contributed by atoms with van der Waals surface area (Å²) in [6.07, 6.45) is 7.47. The van der Waals surface area contributed by atoms with Crippen molar-refractivity contribution in [1.82, 2.24) is 15.1 Å². The Kier molecular flexibility index (Phi) is 5.89. The Labute approximate surface area is 175 Å². The lowest BCUT2D eigenvalue weighted by molar-refractivity contribution is -0.117. The molecule has 0 spiro atoms. The molecule has 1 N–H and O–H groups in total. The smallest absolute Gasteiger partial charge is 0.256 e. The zero-order valence-electron chi connectivity index (χ0n) is 16.5. The van der Waals surface area contributed by atoms with Gasteiger partial charge in [-0.25, -0.2) is 8.42 Å². The Balaban J connectivity index is 1.49. The van der Waals surface area contributed by atoms with Crippen LogP contribution in [0.5, 0.6) is 0 Å². The number of nitrogens with one attached hydrogen (secondary N) is 1. The summed E-state index contributed by atoms with van der Waals surface area (Å²) in [6.45, 7) is 5.11. The molecule has 3 aliphatic heterocycles. The third kappa shape index (κ3) is 4.62. The van der Waals surface area contributed by atoms with Crippen molar-refractivity contribution in [3.63, 3.8) is 0 Å². The molecule has 0 unspecified atom stereocenters. The number of amides is 1. The summed E-state index contributed by atoms with van der Waals surface area (Å²) in [5.41, 5.74) is 0.299. The summed E-state index contributed by atoms with van der Waals surface area (Å²) in [7, 11) is -3.52. The third-order valence-electron chi connectivity index (χ3n) is 5.69. The minimum Gasteiger partial charge on any atom is -0.350 e. The second-order valence-corrected chi connectivity index (χ2v) is 10.5. The first kappa shape index (κ1) is 20.3. The van der Waals surface area contributed by atoms with E-state index in [0.717, 1.165) is 31.8 Å². The lowest BCUT2D eigenvalue weighted by Crippen LogP contribution is -2.45. The Morgan fingerprint density at radius 2 is 2.14 bits per heavy atom. The van der Waals surface area contributed by atoms with Gasteiger partial charge in [-0.3, -0.25) is 9.69 Å². The highest BCUT2D eigenvalue weighted by atomic mass is 32.2. The molecule has 156 valence electrons. The van der Waals surface area contributed by atoms with E-state index in [1.807, 2.05) is 6.07 Å². The molecule has 4 rings (SSSR count). The zero-order chi connectivity index (χ0) is 20.4. The van der Waals surface area contributed by atoms with Crippen LogP contribution >= 0.6 is 11.3 Å². The predicted molar refractivity (Wildman–Crippen MR) is 115 cm³/mol. The molecule has 1 aromatic heterocycles. The van der Waals surface area contributed by atoms with E-state index in [0.29, 0.717) is 18.7 Å². The van der Waals surface area contributed by atoms with Crippen LogP contribution in [0.25, 0.3) is 0 Å². The average molecular weight is 435 g/mol. The molecule has 0 aliphatic carbocycles. The number of hydrogen-bond acceptors (Lipinski definition) is 6. The Morgan fingerprint density at radius 1 is 1.34 bits per heavy atom. The van der Waals surface area contributed by atoms with Crippen molar-refractivity contribution in [2.45, 2.75) is 25.8 Å². The molecular formula is C20H26N4O3S2. The van der Waals surface area contributed by atoms with Crippen LogP contribution in [0.2, 0.25) is 0 Å². The quantitative estimate of drug-likeness (QED) is 0.768. The van der Waals surface area contributed by atoms with Gasteiger partial charge in [-0.1, -0.05) is 13.0 Å². The van der Waals surface area contributed by atoms with Gasteiger partial charge in [-0.2, -0.15) is 0 Å². The Bertz CT molecular complexity index is 942. The third-order valence-corrected chi connectivity index (χ3v) is 7.81. The first-order valence-corrected chi connectivity index (χ1v) is 12.5. The Hall–Kier alpha value is -1.97. The molecule has 0 bridgehead atoms. The van der Waals surface area contributed by atoms with Gasteiger partial charge in [0.2, 0.25) is 0 Å². The number of fused-ring (bicyclic) bond motifs is 1. The molecule has 1 atom stereocenters.